The lowest BCUT2D eigenvalue weighted by atomic mass is 10.0. The van der Waals surface area contributed by atoms with Crippen molar-refractivity contribution in [1.82, 2.24) is 5.32 Å². The molecule has 0 saturated heterocycles. The van der Waals surface area contributed by atoms with Crippen LogP contribution in [0.1, 0.15) is 21.5 Å². The summed E-state index contributed by atoms with van der Waals surface area (Å²) < 4.78 is 74.6. The van der Waals surface area contributed by atoms with E-state index in [1.165, 1.54) is 0 Å². The number of benzene rings is 1. The zero-order valence-electron chi connectivity index (χ0n) is 8.91. The van der Waals surface area contributed by atoms with Crippen LogP contribution in [0.4, 0.5) is 26.3 Å². The first kappa shape index (κ1) is 14.3. The Balaban J connectivity index is 3.44. The zero-order valence-corrected chi connectivity index (χ0v) is 8.91. The van der Waals surface area contributed by atoms with E-state index in [-0.39, 0.29) is 18.2 Å². The first-order chi connectivity index (χ1) is 8.07. The minimum Gasteiger partial charge on any atom is -0.355 e. The highest BCUT2D eigenvalue weighted by Gasteiger charge is 2.38. The van der Waals surface area contributed by atoms with Crippen LogP contribution in [0, 0.1) is 0 Å². The second-order valence-electron chi connectivity index (χ2n) is 3.34. The number of alkyl halides is 6. The van der Waals surface area contributed by atoms with E-state index in [0.717, 1.165) is 7.05 Å². The van der Waals surface area contributed by atoms with Crippen LogP contribution in [-0.2, 0) is 12.4 Å². The van der Waals surface area contributed by atoms with E-state index in [2.05, 4.69) is 0 Å². The molecule has 0 aromatic heterocycles. The van der Waals surface area contributed by atoms with Crippen LogP contribution in [0.3, 0.4) is 0 Å². The molecule has 1 amide bonds. The number of carbonyl (C=O) groups excluding carboxylic acids is 1. The third kappa shape index (κ3) is 2.93. The van der Waals surface area contributed by atoms with Crippen LogP contribution in [0.5, 0.6) is 0 Å². The van der Waals surface area contributed by atoms with Gasteiger partial charge in [-0.1, -0.05) is 0 Å². The molecule has 0 saturated carbocycles. The van der Waals surface area contributed by atoms with Gasteiger partial charge >= 0.3 is 12.4 Å². The lowest BCUT2D eigenvalue weighted by molar-refractivity contribution is -0.141. The van der Waals surface area contributed by atoms with Crippen molar-refractivity contribution in [3.63, 3.8) is 0 Å². The maximum Gasteiger partial charge on any atom is 0.417 e. The van der Waals surface area contributed by atoms with Crippen LogP contribution < -0.4 is 5.32 Å². The molecule has 0 bridgehead atoms. The summed E-state index contributed by atoms with van der Waals surface area (Å²) in [5, 5.41) is 1.87. The summed E-state index contributed by atoms with van der Waals surface area (Å²) in [5.41, 5.74) is -3.77. The van der Waals surface area contributed by atoms with Crippen molar-refractivity contribution in [2.75, 3.05) is 7.05 Å². The summed E-state index contributed by atoms with van der Waals surface area (Å²) in [6, 6.07) is 0.713. The van der Waals surface area contributed by atoms with Crippen molar-refractivity contribution in [2.24, 2.45) is 0 Å². The molecule has 0 heterocycles. The lowest BCUT2D eigenvalue weighted by Crippen LogP contribution is -2.23. The maximum atomic E-state index is 12.5. The molecular formula is C10H7F6NO. The number of carbonyl (C=O) groups is 1. The molecule has 100 valence electrons. The molecule has 0 aliphatic heterocycles. The summed E-state index contributed by atoms with van der Waals surface area (Å²) in [4.78, 5) is 11.2. The number of hydrogen-bond donors (Lipinski definition) is 1. The van der Waals surface area contributed by atoms with Crippen LogP contribution in [-0.4, -0.2) is 13.0 Å². The van der Waals surface area contributed by atoms with Crippen molar-refractivity contribution in [3.05, 3.63) is 34.9 Å². The first-order valence-corrected chi connectivity index (χ1v) is 4.58. The Bertz CT molecular complexity index is 462. The second kappa shape index (κ2) is 4.51. The molecule has 2 nitrogen and oxygen atoms in total. The maximum absolute atomic E-state index is 12.5. The van der Waals surface area contributed by atoms with Gasteiger partial charge in [-0.25, -0.2) is 0 Å². The van der Waals surface area contributed by atoms with Gasteiger partial charge in [-0.05, 0) is 18.2 Å². The van der Waals surface area contributed by atoms with Gasteiger partial charge in [0.05, 0.1) is 16.7 Å². The molecule has 0 unspecified atom stereocenters. The van der Waals surface area contributed by atoms with E-state index >= 15 is 0 Å². The van der Waals surface area contributed by atoms with E-state index in [4.69, 9.17) is 0 Å². The molecule has 0 radical (unpaired) electrons. The minimum atomic E-state index is -4.90. The smallest absolute Gasteiger partial charge is 0.355 e. The Morgan fingerprint density at radius 3 is 2.00 bits per heavy atom. The van der Waals surface area contributed by atoms with Gasteiger partial charge in [0.15, 0.2) is 0 Å². The Hall–Kier alpha value is -1.73. The van der Waals surface area contributed by atoms with Crippen molar-refractivity contribution in [3.8, 4) is 0 Å². The van der Waals surface area contributed by atoms with Crippen molar-refractivity contribution in [2.45, 2.75) is 12.4 Å². The van der Waals surface area contributed by atoms with Crippen molar-refractivity contribution < 1.29 is 31.1 Å². The summed E-state index contributed by atoms with van der Waals surface area (Å²) >= 11 is 0. The van der Waals surface area contributed by atoms with Gasteiger partial charge in [0.25, 0.3) is 5.91 Å². The van der Waals surface area contributed by atoms with Gasteiger partial charge in [0.1, 0.15) is 0 Å². The van der Waals surface area contributed by atoms with E-state index in [0.29, 0.717) is 0 Å². The highest BCUT2D eigenvalue weighted by molar-refractivity contribution is 5.95. The Kier molecular flexibility index (Phi) is 3.59. The number of amides is 1. The Morgan fingerprint density at radius 2 is 1.61 bits per heavy atom. The van der Waals surface area contributed by atoms with E-state index < -0.39 is 35.0 Å². The molecule has 1 rings (SSSR count). The summed E-state index contributed by atoms with van der Waals surface area (Å²) in [6.45, 7) is 0. The van der Waals surface area contributed by atoms with Gasteiger partial charge in [-0.15, -0.1) is 0 Å². The molecule has 0 spiro atoms. The zero-order chi connectivity index (χ0) is 14.1. The fourth-order valence-corrected chi connectivity index (χ4v) is 1.29. The molecule has 0 atom stereocenters. The standard InChI is InChI=1S/C10H7F6NO/c1-17-8(18)6-4-5(9(11,12)13)2-3-7(6)10(14,15)16/h2-4H,1H3,(H,17,18). The van der Waals surface area contributed by atoms with Crippen LogP contribution >= 0.6 is 0 Å². The summed E-state index contributed by atoms with van der Waals surface area (Å²) in [6.07, 6.45) is -9.71. The van der Waals surface area contributed by atoms with Gasteiger partial charge < -0.3 is 5.32 Å². The molecule has 0 fully saturated rings. The average molecular weight is 271 g/mol. The SMILES string of the molecule is CNC(=O)c1cc(C(F)(F)F)ccc1C(F)(F)F. The Morgan fingerprint density at radius 1 is 1.06 bits per heavy atom. The predicted octanol–water partition coefficient (Wildman–Crippen LogP) is 3.08. The molecule has 0 aliphatic carbocycles. The van der Waals surface area contributed by atoms with E-state index in [9.17, 15) is 31.1 Å². The molecular weight excluding hydrogens is 264 g/mol. The summed E-state index contributed by atoms with van der Waals surface area (Å²) in [7, 11) is 1.03. The third-order valence-electron chi connectivity index (χ3n) is 2.12. The monoisotopic (exact) mass is 271 g/mol. The van der Waals surface area contributed by atoms with Gasteiger partial charge in [0, 0.05) is 7.05 Å². The molecule has 8 heteroatoms. The Labute approximate surface area is 97.6 Å². The average Bonchev–Trinajstić information content (AvgIpc) is 2.24. The van der Waals surface area contributed by atoms with Crippen molar-refractivity contribution in [1.29, 1.82) is 0 Å². The number of hydrogen-bond acceptors (Lipinski definition) is 1. The van der Waals surface area contributed by atoms with Gasteiger partial charge in [-0.2, -0.15) is 26.3 Å². The fourth-order valence-electron chi connectivity index (χ4n) is 1.29. The topological polar surface area (TPSA) is 29.1 Å². The van der Waals surface area contributed by atoms with Gasteiger partial charge in [0.2, 0.25) is 0 Å². The number of nitrogens with one attached hydrogen (secondary N) is 1. The highest BCUT2D eigenvalue weighted by Crippen LogP contribution is 2.36. The molecule has 0 aliphatic rings. The summed E-state index contributed by atoms with van der Waals surface area (Å²) in [5.74, 6) is -1.23. The second-order valence-corrected chi connectivity index (χ2v) is 3.34. The van der Waals surface area contributed by atoms with Gasteiger partial charge in [-0.3, -0.25) is 4.79 Å². The fraction of sp³-hybridized carbons (Fsp3) is 0.300. The van der Waals surface area contributed by atoms with Crippen molar-refractivity contribution >= 4 is 5.91 Å². The normalized spacial score (nSPS) is 12.4. The molecule has 1 aromatic rings. The van der Waals surface area contributed by atoms with E-state index in [1.807, 2.05) is 5.32 Å². The lowest BCUT2D eigenvalue weighted by Gasteiger charge is -2.14. The molecule has 1 aromatic carbocycles. The largest absolute Gasteiger partial charge is 0.417 e. The first-order valence-electron chi connectivity index (χ1n) is 4.58. The highest BCUT2D eigenvalue weighted by atomic mass is 19.4. The number of rotatable bonds is 1. The van der Waals surface area contributed by atoms with Crippen LogP contribution in [0.15, 0.2) is 18.2 Å². The number of halogens is 6. The van der Waals surface area contributed by atoms with Crippen LogP contribution in [0.25, 0.3) is 0 Å². The third-order valence-corrected chi connectivity index (χ3v) is 2.12. The van der Waals surface area contributed by atoms with Crippen LogP contribution in [0.2, 0.25) is 0 Å². The molecule has 1 N–H and O–H groups in total. The quantitative estimate of drug-likeness (QED) is 0.781. The predicted molar refractivity (Wildman–Crippen MR) is 49.8 cm³/mol. The molecule has 18 heavy (non-hydrogen) atoms. The minimum absolute atomic E-state index is 0.182. The van der Waals surface area contributed by atoms with E-state index in [1.54, 1.807) is 0 Å².